The number of para-hydroxylation sites is 1. The van der Waals surface area contributed by atoms with Gasteiger partial charge in [0.1, 0.15) is 0 Å². The number of furan rings is 1. The van der Waals surface area contributed by atoms with E-state index >= 15 is 0 Å². The Morgan fingerprint density at radius 1 is 0.862 bits per heavy atom. The number of amides is 2. The van der Waals surface area contributed by atoms with Crippen LogP contribution in [0, 0.1) is 5.92 Å². The molecule has 29 heavy (non-hydrogen) atoms. The summed E-state index contributed by atoms with van der Waals surface area (Å²) in [5.74, 6) is 0.0838. The van der Waals surface area contributed by atoms with E-state index in [-0.39, 0.29) is 23.6 Å². The third kappa shape index (κ3) is 5.72. The maximum absolute atomic E-state index is 12.5. The highest BCUT2D eigenvalue weighted by atomic mass is 16.3. The molecule has 0 fully saturated rings. The summed E-state index contributed by atoms with van der Waals surface area (Å²) < 4.78 is 5.06. The smallest absolute Gasteiger partial charge is 0.291 e. The van der Waals surface area contributed by atoms with Crippen molar-refractivity contribution < 1.29 is 14.0 Å². The summed E-state index contributed by atoms with van der Waals surface area (Å²) in [7, 11) is 0. The van der Waals surface area contributed by atoms with Crippen LogP contribution in [-0.2, 0) is 0 Å². The van der Waals surface area contributed by atoms with Crippen molar-refractivity contribution in [3.05, 3.63) is 84.3 Å². The molecule has 0 saturated carbocycles. The highest BCUT2D eigenvalue weighted by molar-refractivity contribution is 6.02. The van der Waals surface area contributed by atoms with Crippen LogP contribution < -0.4 is 16.0 Å². The lowest BCUT2D eigenvalue weighted by Gasteiger charge is -2.24. The third-order valence-corrected chi connectivity index (χ3v) is 4.56. The molecule has 1 aromatic heterocycles. The number of carbonyl (C=O) groups is 2. The topological polar surface area (TPSA) is 83.4 Å². The van der Waals surface area contributed by atoms with Gasteiger partial charge in [-0.3, -0.25) is 9.59 Å². The molecule has 0 spiro atoms. The fourth-order valence-electron chi connectivity index (χ4n) is 2.81. The summed E-state index contributed by atoms with van der Waals surface area (Å²) >= 11 is 0. The number of hydrogen-bond donors (Lipinski definition) is 3. The van der Waals surface area contributed by atoms with Crippen molar-refractivity contribution in [3.63, 3.8) is 0 Å². The fraction of sp³-hybridized carbons (Fsp3) is 0.217. The molecule has 2 amide bonds. The van der Waals surface area contributed by atoms with Crippen molar-refractivity contribution in [2.24, 2.45) is 5.92 Å². The van der Waals surface area contributed by atoms with Crippen molar-refractivity contribution in [2.75, 3.05) is 17.2 Å². The zero-order valence-electron chi connectivity index (χ0n) is 16.5. The van der Waals surface area contributed by atoms with Gasteiger partial charge in [-0.1, -0.05) is 32.0 Å². The van der Waals surface area contributed by atoms with E-state index in [1.165, 1.54) is 6.26 Å². The lowest BCUT2D eigenvalue weighted by molar-refractivity contribution is 0.0949. The number of nitrogens with one attached hydrogen (secondary N) is 3. The van der Waals surface area contributed by atoms with Gasteiger partial charge in [0.05, 0.1) is 6.26 Å². The molecule has 150 valence electrons. The van der Waals surface area contributed by atoms with Gasteiger partial charge in [-0.25, -0.2) is 0 Å². The molecular weight excluding hydrogens is 366 g/mol. The van der Waals surface area contributed by atoms with E-state index in [9.17, 15) is 9.59 Å². The molecule has 0 bridgehead atoms. The first-order valence-corrected chi connectivity index (χ1v) is 9.57. The summed E-state index contributed by atoms with van der Waals surface area (Å²) in [6.45, 7) is 4.73. The van der Waals surface area contributed by atoms with Gasteiger partial charge in [-0.2, -0.15) is 0 Å². The van der Waals surface area contributed by atoms with E-state index in [2.05, 4.69) is 29.8 Å². The molecule has 3 rings (SSSR count). The standard InChI is InChI=1S/C23H25N3O3/c1-16(2)20(25-18-7-4-3-5-8-18)15-24-22(27)17-10-12-19(13-11-17)26-23(28)21-9-6-14-29-21/h3-14,16,20,25H,15H2,1-2H3,(H,24,27)(H,26,28). The summed E-state index contributed by atoms with van der Waals surface area (Å²) in [4.78, 5) is 24.5. The molecule has 0 aliphatic rings. The Bertz CT molecular complexity index is 920. The van der Waals surface area contributed by atoms with Crippen molar-refractivity contribution in [3.8, 4) is 0 Å². The van der Waals surface area contributed by atoms with Crippen LogP contribution in [0.25, 0.3) is 0 Å². The molecule has 2 aromatic carbocycles. The first-order chi connectivity index (χ1) is 14.0. The van der Waals surface area contributed by atoms with E-state index in [4.69, 9.17) is 4.42 Å². The van der Waals surface area contributed by atoms with Crippen LogP contribution in [-0.4, -0.2) is 24.4 Å². The Hall–Kier alpha value is -3.54. The summed E-state index contributed by atoms with van der Waals surface area (Å²) in [6, 6.07) is 20.0. The molecule has 1 heterocycles. The van der Waals surface area contributed by atoms with Gasteiger partial charge in [0.25, 0.3) is 11.8 Å². The van der Waals surface area contributed by atoms with Gasteiger partial charge >= 0.3 is 0 Å². The molecule has 0 saturated heterocycles. The number of anilines is 2. The maximum atomic E-state index is 12.5. The van der Waals surface area contributed by atoms with Gasteiger partial charge < -0.3 is 20.4 Å². The minimum absolute atomic E-state index is 0.105. The largest absolute Gasteiger partial charge is 0.459 e. The minimum Gasteiger partial charge on any atom is -0.459 e. The Labute approximate surface area is 170 Å². The average molecular weight is 391 g/mol. The number of benzene rings is 2. The highest BCUT2D eigenvalue weighted by Crippen LogP contribution is 2.14. The Morgan fingerprint density at radius 3 is 2.21 bits per heavy atom. The van der Waals surface area contributed by atoms with Gasteiger partial charge in [-0.05, 0) is 54.4 Å². The number of carbonyl (C=O) groups excluding carboxylic acids is 2. The predicted molar refractivity (Wildman–Crippen MR) is 114 cm³/mol. The molecule has 6 nitrogen and oxygen atoms in total. The Kier molecular flexibility index (Phi) is 6.68. The molecule has 3 N–H and O–H groups in total. The van der Waals surface area contributed by atoms with E-state index in [1.54, 1.807) is 36.4 Å². The van der Waals surface area contributed by atoms with E-state index < -0.39 is 0 Å². The van der Waals surface area contributed by atoms with Crippen LogP contribution in [0.1, 0.15) is 34.8 Å². The lowest BCUT2D eigenvalue weighted by atomic mass is 10.0. The van der Waals surface area contributed by atoms with Crippen LogP contribution >= 0.6 is 0 Å². The average Bonchev–Trinajstić information content (AvgIpc) is 3.27. The molecule has 0 radical (unpaired) electrons. The highest BCUT2D eigenvalue weighted by Gasteiger charge is 2.15. The van der Waals surface area contributed by atoms with Crippen molar-refractivity contribution >= 4 is 23.2 Å². The monoisotopic (exact) mass is 391 g/mol. The summed E-state index contributed by atoms with van der Waals surface area (Å²) in [5, 5.41) is 9.17. The van der Waals surface area contributed by atoms with Crippen molar-refractivity contribution in [1.82, 2.24) is 5.32 Å². The Balaban J connectivity index is 1.55. The first kappa shape index (κ1) is 20.2. The SMILES string of the molecule is CC(C)C(CNC(=O)c1ccc(NC(=O)c2ccco2)cc1)Nc1ccccc1. The summed E-state index contributed by atoms with van der Waals surface area (Å²) in [5.41, 5.74) is 2.15. The number of hydrogen-bond acceptors (Lipinski definition) is 4. The van der Waals surface area contributed by atoms with E-state index in [0.717, 1.165) is 5.69 Å². The van der Waals surface area contributed by atoms with Crippen molar-refractivity contribution in [2.45, 2.75) is 19.9 Å². The molecule has 6 heteroatoms. The van der Waals surface area contributed by atoms with E-state index in [1.807, 2.05) is 30.3 Å². The van der Waals surface area contributed by atoms with Gasteiger partial charge in [0, 0.05) is 29.5 Å². The lowest BCUT2D eigenvalue weighted by Crippen LogP contribution is -2.39. The van der Waals surface area contributed by atoms with Crippen LogP contribution in [0.2, 0.25) is 0 Å². The molecule has 0 aliphatic heterocycles. The van der Waals surface area contributed by atoms with Gasteiger partial charge in [-0.15, -0.1) is 0 Å². The van der Waals surface area contributed by atoms with E-state index in [0.29, 0.717) is 23.7 Å². The zero-order chi connectivity index (χ0) is 20.6. The van der Waals surface area contributed by atoms with Crippen LogP contribution in [0.15, 0.2) is 77.4 Å². The first-order valence-electron chi connectivity index (χ1n) is 9.57. The predicted octanol–water partition coefficient (Wildman–Crippen LogP) is 4.40. The van der Waals surface area contributed by atoms with Crippen LogP contribution in [0.3, 0.4) is 0 Å². The normalized spacial score (nSPS) is 11.7. The Morgan fingerprint density at radius 2 is 1.59 bits per heavy atom. The summed E-state index contributed by atoms with van der Waals surface area (Å²) in [6.07, 6.45) is 1.44. The third-order valence-electron chi connectivity index (χ3n) is 4.56. The van der Waals surface area contributed by atoms with Gasteiger partial charge in [0.15, 0.2) is 5.76 Å². The van der Waals surface area contributed by atoms with Gasteiger partial charge in [0.2, 0.25) is 0 Å². The number of rotatable bonds is 8. The zero-order valence-corrected chi connectivity index (χ0v) is 16.5. The molecule has 3 aromatic rings. The van der Waals surface area contributed by atoms with Crippen molar-refractivity contribution in [1.29, 1.82) is 0 Å². The molecule has 0 aliphatic carbocycles. The second-order valence-electron chi connectivity index (χ2n) is 7.08. The fourth-order valence-corrected chi connectivity index (χ4v) is 2.81. The van der Waals surface area contributed by atoms with Crippen LogP contribution in [0.4, 0.5) is 11.4 Å². The minimum atomic E-state index is -0.334. The second kappa shape index (κ2) is 9.59. The molecule has 1 unspecified atom stereocenters. The van der Waals surface area contributed by atoms with Crippen LogP contribution in [0.5, 0.6) is 0 Å². The molecular formula is C23H25N3O3. The molecule has 1 atom stereocenters. The second-order valence-corrected chi connectivity index (χ2v) is 7.08. The maximum Gasteiger partial charge on any atom is 0.291 e. The quantitative estimate of drug-likeness (QED) is 0.531.